The predicted octanol–water partition coefficient (Wildman–Crippen LogP) is 4.36. The third kappa shape index (κ3) is 3.24. The lowest BCUT2D eigenvalue weighted by atomic mass is 10.2. The average molecular weight is 395 g/mol. The number of nitrogens with zero attached hydrogens (tertiary/aromatic N) is 4. The molecule has 0 fully saturated rings. The maximum atomic E-state index is 13.3. The first-order chi connectivity index (χ1) is 13.1. The van der Waals surface area contributed by atoms with Gasteiger partial charge in [-0.25, -0.2) is 4.98 Å². The standard InChI is InChI=1S/C20H18N4OS2/c1-13-11-14(5-4-8-21-12-26-13)24-10-7-15-17-16(23(2)3)6-9-22-19(17)27-18(15)20(24)25/h4-7,9-12H,1,8H2,2-3H3/b5-4-,14-11+,21-12?. The largest absolute Gasteiger partial charge is 0.377 e. The topological polar surface area (TPSA) is 50.5 Å². The van der Waals surface area contributed by atoms with E-state index in [1.165, 1.54) is 23.1 Å². The predicted molar refractivity (Wildman–Crippen MR) is 119 cm³/mol. The molecule has 0 saturated heterocycles. The van der Waals surface area contributed by atoms with Gasteiger partial charge < -0.3 is 4.90 Å². The van der Waals surface area contributed by atoms with Crippen LogP contribution in [0.1, 0.15) is 0 Å². The molecule has 0 N–H and O–H groups in total. The third-order valence-corrected chi connectivity index (χ3v) is 6.03. The molecule has 1 aliphatic heterocycles. The summed E-state index contributed by atoms with van der Waals surface area (Å²) < 4.78 is 2.37. The van der Waals surface area contributed by atoms with Crippen molar-refractivity contribution in [3.8, 4) is 0 Å². The first-order valence-corrected chi connectivity index (χ1v) is 10.1. The highest BCUT2D eigenvalue weighted by Gasteiger charge is 2.16. The molecule has 0 unspecified atom stereocenters. The van der Waals surface area contributed by atoms with Gasteiger partial charge in [0.25, 0.3) is 5.56 Å². The Morgan fingerprint density at radius 1 is 1.30 bits per heavy atom. The number of thioether (sulfide) groups is 1. The van der Waals surface area contributed by atoms with E-state index < -0.39 is 0 Å². The van der Waals surface area contributed by atoms with Crippen LogP contribution in [0.2, 0.25) is 0 Å². The molecule has 1 aliphatic rings. The van der Waals surface area contributed by atoms with Crippen LogP contribution in [0.25, 0.3) is 26.0 Å². The van der Waals surface area contributed by atoms with Crippen molar-refractivity contribution >= 4 is 60.3 Å². The quantitative estimate of drug-likeness (QED) is 0.648. The molecular weight excluding hydrogens is 376 g/mol. The number of hydrogen-bond acceptors (Lipinski definition) is 6. The molecule has 5 nitrogen and oxygen atoms in total. The molecule has 0 amide bonds. The summed E-state index contributed by atoms with van der Waals surface area (Å²) in [6.45, 7) is 4.60. The van der Waals surface area contributed by atoms with E-state index in [0.29, 0.717) is 11.2 Å². The van der Waals surface area contributed by atoms with Crippen molar-refractivity contribution < 1.29 is 0 Å². The second-order valence-corrected chi connectivity index (χ2v) is 8.24. The highest BCUT2D eigenvalue weighted by molar-refractivity contribution is 8.15. The van der Waals surface area contributed by atoms with Gasteiger partial charge in [0.2, 0.25) is 0 Å². The fourth-order valence-corrected chi connectivity index (χ4v) is 4.60. The number of fused-ring (bicyclic) bond motifs is 3. The van der Waals surface area contributed by atoms with E-state index in [9.17, 15) is 4.79 Å². The van der Waals surface area contributed by atoms with Gasteiger partial charge in [0, 0.05) is 53.6 Å². The lowest BCUT2D eigenvalue weighted by Crippen LogP contribution is -2.17. The van der Waals surface area contributed by atoms with E-state index in [0.717, 1.165) is 31.9 Å². The van der Waals surface area contributed by atoms with Crippen molar-refractivity contribution in [2.75, 3.05) is 25.5 Å². The molecule has 136 valence electrons. The van der Waals surface area contributed by atoms with E-state index >= 15 is 0 Å². The molecule has 27 heavy (non-hydrogen) atoms. The molecule has 0 bridgehead atoms. The molecule has 3 aromatic rings. The van der Waals surface area contributed by atoms with Gasteiger partial charge in [-0.2, -0.15) is 0 Å². The summed E-state index contributed by atoms with van der Waals surface area (Å²) in [5.41, 5.74) is 3.57. The summed E-state index contributed by atoms with van der Waals surface area (Å²) in [7, 11) is 4.00. The van der Waals surface area contributed by atoms with Gasteiger partial charge in [0.15, 0.2) is 0 Å². The molecule has 0 saturated carbocycles. The number of rotatable bonds is 2. The number of anilines is 1. The number of thiophene rings is 1. The van der Waals surface area contributed by atoms with Crippen LogP contribution >= 0.6 is 23.1 Å². The van der Waals surface area contributed by atoms with Crippen LogP contribution < -0.4 is 10.5 Å². The Labute approximate surface area is 165 Å². The summed E-state index contributed by atoms with van der Waals surface area (Å²) >= 11 is 2.89. The van der Waals surface area contributed by atoms with Gasteiger partial charge in [-0.15, -0.1) is 11.3 Å². The van der Waals surface area contributed by atoms with Crippen molar-refractivity contribution in [3.63, 3.8) is 0 Å². The van der Waals surface area contributed by atoms with Gasteiger partial charge in [-0.05, 0) is 24.3 Å². The maximum Gasteiger partial charge on any atom is 0.273 e. The second-order valence-electron chi connectivity index (χ2n) is 6.27. The highest BCUT2D eigenvalue weighted by Crippen LogP contribution is 2.36. The SMILES string of the molecule is C=C1/C=C(n2ccc3c(sc4nccc(N(C)C)c43)c2=O)\C=C/CN=CS1. The molecule has 4 rings (SSSR count). The second kappa shape index (κ2) is 7.17. The lowest BCUT2D eigenvalue weighted by Gasteiger charge is -2.13. The van der Waals surface area contributed by atoms with Crippen molar-refractivity contribution in [2.45, 2.75) is 0 Å². The zero-order valence-corrected chi connectivity index (χ0v) is 16.7. The monoisotopic (exact) mass is 394 g/mol. The van der Waals surface area contributed by atoms with E-state index in [2.05, 4.69) is 16.6 Å². The molecule has 0 aromatic carbocycles. The van der Waals surface area contributed by atoms with Gasteiger partial charge in [0.05, 0.1) is 12.1 Å². The summed E-state index contributed by atoms with van der Waals surface area (Å²) in [6.07, 6.45) is 9.38. The first kappa shape index (κ1) is 17.8. The molecule has 0 radical (unpaired) electrons. The van der Waals surface area contributed by atoms with Crippen LogP contribution in [0.4, 0.5) is 5.69 Å². The lowest BCUT2D eigenvalue weighted by molar-refractivity contribution is 1.05. The molecule has 0 atom stereocenters. The minimum Gasteiger partial charge on any atom is -0.377 e. The van der Waals surface area contributed by atoms with Gasteiger partial charge >= 0.3 is 0 Å². The Kier molecular flexibility index (Phi) is 4.72. The Morgan fingerprint density at radius 3 is 2.96 bits per heavy atom. The molecule has 0 aliphatic carbocycles. The number of allylic oxidation sites excluding steroid dienone is 3. The van der Waals surface area contributed by atoms with Crippen LogP contribution in [-0.4, -0.2) is 35.7 Å². The van der Waals surface area contributed by atoms with Gasteiger partial charge in [-0.3, -0.25) is 14.4 Å². The Morgan fingerprint density at radius 2 is 2.15 bits per heavy atom. The minimum atomic E-state index is -0.0472. The molecule has 4 heterocycles. The molecule has 7 heteroatoms. The number of hydrogen-bond donors (Lipinski definition) is 0. The highest BCUT2D eigenvalue weighted by atomic mass is 32.2. The van der Waals surface area contributed by atoms with Crippen LogP contribution in [-0.2, 0) is 0 Å². The minimum absolute atomic E-state index is 0.0472. The normalized spacial score (nSPS) is 18.0. The Bertz CT molecular complexity index is 1200. The summed E-state index contributed by atoms with van der Waals surface area (Å²) in [5.74, 6) is 0. The van der Waals surface area contributed by atoms with Crippen LogP contribution in [0, 0.1) is 0 Å². The van der Waals surface area contributed by atoms with Crippen LogP contribution in [0.5, 0.6) is 0 Å². The summed E-state index contributed by atoms with van der Waals surface area (Å²) in [4.78, 5) is 25.7. The van der Waals surface area contributed by atoms with Crippen LogP contribution in [0.15, 0.2) is 64.0 Å². The van der Waals surface area contributed by atoms with E-state index in [1.54, 1.807) is 16.3 Å². The fraction of sp³-hybridized carbons (Fsp3) is 0.150. The maximum absolute atomic E-state index is 13.3. The summed E-state index contributed by atoms with van der Waals surface area (Å²) in [6, 6.07) is 3.97. The molecular formula is C20H18N4OS2. The van der Waals surface area contributed by atoms with Gasteiger partial charge in [-0.1, -0.05) is 24.4 Å². The zero-order valence-electron chi connectivity index (χ0n) is 15.0. The number of aromatic nitrogens is 2. The first-order valence-electron chi connectivity index (χ1n) is 8.39. The van der Waals surface area contributed by atoms with E-state index in [-0.39, 0.29) is 5.56 Å². The van der Waals surface area contributed by atoms with E-state index in [1.807, 2.05) is 55.6 Å². The smallest absolute Gasteiger partial charge is 0.273 e. The van der Waals surface area contributed by atoms with Gasteiger partial charge in [0.1, 0.15) is 9.53 Å². The Hall–Kier alpha value is -2.64. The average Bonchev–Trinajstić information content (AvgIpc) is 3.07. The molecule has 3 aromatic heterocycles. The number of pyridine rings is 2. The van der Waals surface area contributed by atoms with Crippen molar-refractivity contribution in [2.24, 2.45) is 4.99 Å². The zero-order chi connectivity index (χ0) is 19.0. The van der Waals surface area contributed by atoms with Crippen molar-refractivity contribution in [3.05, 3.63) is 64.6 Å². The Balaban J connectivity index is 1.95. The molecule has 0 spiro atoms. The van der Waals surface area contributed by atoms with Crippen molar-refractivity contribution in [1.29, 1.82) is 0 Å². The van der Waals surface area contributed by atoms with E-state index in [4.69, 9.17) is 0 Å². The number of aliphatic imine (C=N–C) groups is 1. The van der Waals surface area contributed by atoms with Crippen LogP contribution in [0.3, 0.4) is 0 Å². The fourth-order valence-electron chi connectivity index (χ4n) is 3.03. The van der Waals surface area contributed by atoms with Crippen molar-refractivity contribution in [1.82, 2.24) is 9.55 Å². The summed E-state index contributed by atoms with van der Waals surface area (Å²) in [5, 5.41) is 1.97. The third-order valence-electron chi connectivity index (χ3n) is 4.26.